The van der Waals surface area contributed by atoms with Gasteiger partial charge in [0.2, 0.25) is 0 Å². The first-order valence-electron chi connectivity index (χ1n) is 10.5. The summed E-state index contributed by atoms with van der Waals surface area (Å²) in [4.78, 5) is 16.9. The summed E-state index contributed by atoms with van der Waals surface area (Å²) >= 11 is 0. The molecule has 6 nitrogen and oxygen atoms in total. The number of fused-ring (bicyclic) bond motifs is 1. The topological polar surface area (TPSA) is 84.2 Å². The number of aromatic nitrogens is 1. The van der Waals surface area contributed by atoms with Crippen molar-refractivity contribution in [3.8, 4) is 17.2 Å². The fraction of sp³-hybridized carbons (Fsp3) is 0.192. The highest BCUT2D eigenvalue weighted by molar-refractivity contribution is 5.88. The van der Waals surface area contributed by atoms with E-state index in [4.69, 9.17) is 9.47 Å². The highest BCUT2D eigenvalue weighted by Crippen LogP contribution is 2.40. The van der Waals surface area contributed by atoms with Crippen molar-refractivity contribution >= 4 is 17.1 Å². The van der Waals surface area contributed by atoms with E-state index in [1.54, 1.807) is 13.1 Å². The predicted molar refractivity (Wildman–Crippen MR) is 122 cm³/mol. The van der Waals surface area contributed by atoms with Crippen LogP contribution in [0.2, 0.25) is 0 Å². The van der Waals surface area contributed by atoms with E-state index in [1.807, 2.05) is 61.7 Å². The first-order valence-corrected chi connectivity index (χ1v) is 10.5. The van der Waals surface area contributed by atoms with Crippen molar-refractivity contribution in [2.75, 3.05) is 6.61 Å². The SMILES string of the molecule is CCCOC(=O)OC1=C(C)NC=C(C#N)C1c1cccc2ncc(-c3ccccc3)cc12. The Labute approximate surface area is 186 Å². The fourth-order valence-electron chi connectivity index (χ4n) is 3.76. The molecule has 6 heteroatoms. The Morgan fingerprint density at radius 3 is 2.72 bits per heavy atom. The zero-order valence-corrected chi connectivity index (χ0v) is 18.0. The van der Waals surface area contributed by atoms with Crippen LogP contribution < -0.4 is 5.32 Å². The maximum Gasteiger partial charge on any atom is 0.513 e. The van der Waals surface area contributed by atoms with Gasteiger partial charge < -0.3 is 14.8 Å². The van der Waals surface area contributed by atoms with Crippen LogP contribution in [-0.2, 0) is 9.47 Å². The van der Waals surface area contributed by atoms with E-state index >= 15 is 0 Å². The van der Waals surface area contributed by atoms with Crippen LogP contribution >= 0.6 is 0 Å². The van der Waals surface area contributed by atoms with Crippen LogP contribution in [0.3, 0.4) is 0 Å². The summed E-state index contributed by atoms with van der Waals surface area (Å²) < 4.78 is 10.7. The third kappa shape index (κ3) is 4.19. The van der Waals surface area contributed by atoms with Crippen LogP contribution in [0, 0.1) is 11.3 Å². The molecule has 1 aromatic heterocycles. The molecule has 1 atom stereocenters. The lowest BCUT2D eigenvalue weighted by atomic mass is 9.85. The summed E-state index contributed by atoms with van der Waals surface area (Å²) in [6.07, 6.45) is 3.40. The van der Waals surface area contributed by atoms with E-state index in [1.165, 1.54) is 0 Å². The fourth-order valence-corrected chi connectivity index (χ4v) is 3.76. The summed E-state index contributed by atoms with van der Waals surface area (Å²) in [6, 6.07) is 20.1. The van der Waals surface area contributed by atoms with Crippen LogP contribution in [0.25, 0.3) is 22.0 Å². The molecule has 160 valence electrons. The number of hydrogen-bond acceptors (Lipinski definition) is 6. The minimum Gasteiger partial charge on any atom is -0.434 e. The molecule has 0 spiro atoms. The molecule has 0 saturated heterocycles. The van der Waals surface area contributed by atoms with E-state index in [-0.39, 0.29) is 6.61 Å². The molecule has 1 aliphatic rings. The van der Waals surface area contributed by atoms with Crippen molar-refractivity contribution in [2.45, 2.75) is 26.2 Å². The number of rotatable bonds is 5. The number of dihydropyridines is 1. The van der Waals surface area contributed by atoms with Crippen molar-refractivity contribution in [1.82, 2.24) is 10.3 Å². The van der Waals surface area contributed by atoms with Crippen molar-refractivity contribution in [3.63, 3.8) is 0 Å². The lowest BCUT2D eigenvalue weighted by molar-refractivity contribution is 0.0731. The average molecular weight is 425 g/mol. The van der Waals surface area contributed by atoms with E-state index in [2.05, 4.69) is 22.4 Å². The minimum atomic E-state index is -0.782. The standard InChI is InChI=1S/C26H23N3O3/c1-3-12-31-26(30)32-25-17(2)28-16-20(14-27)24(25)21-10-7-11-23-22(21)13-19(15-29-23)18-8-5-4-6-9-18/h4-11,13,15-16,24,28H,3,12H2,1-2H3. The molecule has 3 aromatic rings. The van der Waals surface area contributed by atoms with Crippen molar-refractivity contribution in [3.05, 3.63) is 89.6 Å². The molecule has 2 aromatic carbocycles. The second kappa shape index (κ2) is 9.36. The molecular weight excluding hydrogens is 402 g/mol. The van der Waals surface area contributed by atoms with Gasteiger partial charge in [0.25, 0.3) is 0 Å². The number of carbonyl (C=O) groups excluding carboxylic acids is 1. The van der Waals surface area contributed by atoms with Crippen LogP contribution in [0.4, 0.5) is 4.79 Å². The molecule has 1 aliphatic heterocycles. The second-order valence-corrected chi connectivity index (χ2v) is 7.48. The van der Waals surface area contributed by atoms with Gasteiger partial charge in [-0.05, 0) is 36.6 Å². The van der Waals surface area contributed by atoms with E-state index < -0.39 is 12.1 Å². The Bertz CT molecular complexity index is 1260. The number of nitriles is 1. The highest BCUT2D eigenvalue weighted by Gasteiger charge is 2.31. The van der Waals surface area contributed by atoms with Gasteiger partial charge in [0.1, 0.15) is 5.76 Å². The molecule has 0 bridgehead atoms. The molecule has 0 amide bonds. The quantitative estimate of drug-likeness (QED) is 0.521. The summed E-state index contributed by atoms with van der Waals surface area (Å²) in [7, 11) is 0. The Hall–Kier alpha value is -4.11. The molecule has 0 aliphatic carbocycles. The number of hydrogen-bond donors (Lipinski definition) is 1. The summed E-state index contributed by atoms with van der Waals surface area (Å²) in [5, 5.41) is 13.8. The first kappa shape index (κ1) is 21.1. The molecule has 0 saturated carbocycles. The molecule has 1 unspecified atom stereocenters. The third-order valence-electron chi connectivity index (χ3n) is 5.31. The highest BCUT2D eigenvalue weighted by atomic mass is 16.7. The van der Waals surface area contributed by atoms with Gasteiger partial charge in [-0.2, -0.15) is 5.26 Å². The Morgan fingerprint density at radius 2 is 1.97 bits per heavy atom. The number of ether oxygens (including phenoxy) is 2. The molecule has 4 rings (SSSR count). The Balaban J connectivity index is 1.83. The number of pyridine rings is 1. The maximum absolute atomic E-state index is 12.3. The van der Waals surface area contributed by atoms with Gasteiger partial charge in [-0.15, -0.1) is 0 Å². The lowest BCUT2D eigenvalue weighted by Crippen LogP contribution is -2.23. The monoisotopic (exact) mass is 425 g/mol. The zero-order valence-electron chi connectivity index (χ0n) is 18.0. The van der Waals surface area contributed by atoms with Gasteiger partial charge in [-0.3, -0.25) is 4.98 Å². The number of allylic oxidation sites excluding steroid dienone is 2. The summed E-state index contributed by atoms with van der Waals surface area (Å²) in [6.45, 7) is 3.98. The van der Waals surface area contributed by atoms with E-state index in [0.29, 0.717) is 23.5 Å². The molecule has 32 heavy (non-hydrogen) atoms. The van der Waals surface area contributed by atoms with Crippen LogP contribution in [0.1, 0.15) is 31.7 Å². The normalized spacial score (nSPS) is 15.5. The van der Waals surface area contributed by atoms with Crippen molar-refractivity contribution < 1.29 is 14.3 Å². The zero-order chi connectivity index (χ0) is 22.5. The predicted octanol–water partition coefficient (Wildman–Crippen LogP) is 5.79. The summed E-state index contributed by atoms with van der Waals surface area (Å²) in [5.41, 5.74) is 4.72. The third-order valence-corrected chi connectivity index (χ3v) is 5.31. The average Bonchev–Trinajstić information content (AvgIpc) is 2.84. The molecular formula is C26H23N3O3. The van der Waals surface area contributed by atoms with Gasteiger partial charge in [0.15, 0.2) is 0 Å². The van der Waals surface area contributed by atoms with Crippen LogP contribution in [0.15, 0.2) is 84.0 Å². The Morgan fingerprint density at radius 1 is 1.16 bits per heavy atom. The van der Waals surface area contributed by atoms with Gasteiger partial charge >= 0.3 is 6.16 Å². The number of nitrogens with one attached hydrogen (secondary N) is 1. The first-order chi connectivity index (χ1) is 15.6. The van der Waals surface area contributed by atoms with E-state index in [9.17, 15) is 10.1 Å². The smallest absolute Gasteiger partial charge is 0.434 e. The largest absolute Gasteiger partial charge is 0.513 e. The van der Waals surface area contributed by atoms with Crippen molar-refractivity contribution in [1.29, 1.82) is 5.26 Å². The van der Waals surface area contributed by atoms with Gasteiger partial charge in [0.05, 0.1) is 35.4 Å². The van der Waals surface area contributed by atoms with E-state index in [0.717, 1.165) is 27.6 Å². The number of nitrogens with zero attached hydrogens (tertiary/aromatic N) is 2. The van der Waals surface area contributed by atoms with Gasteiger partial charge in [-0.25, -0.2) is 4.79 Å². The Kier molecular flexibility index (Phi) is 6.18. The van der Waals surface area contributed by atoms with Gasteiger partial charge in [-0.1, -0.05) is 49.4 Å². The number of benzene rings is 2. The second-order valence-electron chi connectivity index (χ2n) is 7.48. The maximum atomic E-state index is 12.3. The van der Waals surface area contributed by atoms with Gasteiger partial charge in [0, 0.05) is 23.3 Å². The number of carbonyl (C=O) groups is 1. The lowest BCUT2D eigenvalue weighted by Gasteiger charge is -2.26. The minimum absolute atomic E-state index is 0.267. The molecule has 0 fully saturated rings. The molecule has 2 heterocycles. The van der Waals surface area contributed by atoms with Crippen molar-refractivity contribution in [2.24, 2.45) is 0 Å². The summed E-state index contributed by atoms with van der Waals surface area (Å²) in [5.74, 6) is -0.213. The molecule has 0 radical (unpaired) electrons. The molecule has 1 N–H and O–H groups in total. The van der Waals surface area contributed by atoms with Crippen LogP contribution in [0.5, 0.6) is 0 Å². The van der Waals surface area contributed by atoms with Crippen LogP contribution in [-0.4, -0.2) is 17.7 Å².